The van der Waals surface area contributed by atoms with E-state index < -0.39 is 6.61 Å². The number of benzene rings is 1. The van der Waals surface area contributed by atoms with Crippen LogP contribution in [0.4, 0.5) is 8.78 Å². The summed E-state index contributed by atoms with van der Waals surface area (Å²) in [5.74, 6) is 1.01. The third kappa shape index (κ3) is 10.3. The fourth-order valence-electron chi connectivity index (χ4n) is 2.95. The Morgan fingerprint density at radius 1 is 1.10 bits per heavy atom. The molecule has 1 aromatic rings. The molecule has 29 heavy (non-hydrogen) atoms. The van der Waals surface area contributed by atoms with Gasteiger partial charge < -0.3 is 20.1 Å². The summed E-state index contributed by atoms with van der Waals surface area (Å²) in [7, 11) is 1.71. The van der Waals surface area contributed by atoms with Gasteiger partial charge in [0.2, 0.25) is 0 Å². The quantitative estimate of drug-likeness (QED) is 0.258. The lowest BCUT2D eigenvalue weighted by Crippen LogP contribution is -2.45. The molecule has 1 rings (SSSR count). The number of hydrogen-bond acceptors (Lipinski definition) is 4. The van der Waals surface area contributed by atoms with Gasteiger partial charge in [0.15, 0.2) is 17.5 Å². The van der Waals surface area contributed by atoms with Crippen LogP contribution in [0.2, 0.25) is 0 Å². The number of ether oxygens (including phenoxy) is 2. The Morgan fingerprint density at radius 2 is 1.76 bits per heavy atom. The number of halogens is 3. The molecule has 168 valence electrons. The number of rotatable bonds is 11. The van der Waals surface area contributed by atoms with Crippen LogP contribution in [-0.4, -0.2) is 56.3 Å². The second kappa shape index (κ2) is 14.6. The van der Waals surface area contributed by atoms with Crippen molar-refractivity contribution in [3.8, 4) is 11.5 Å². The van der Waals surface area contributed by atoms with Crippen LogP contribution >= 0.6 is 24.0 Å². The molecule has 0 aliphatic carbocycles. The molecule has 0 saturated heterocycles. The Kier molecular flexibility index (Phi) is 13.9. The van der Waals surface area contributed by atoms with Crippen LogP contribution in [0, 0.1) is 0 Å². The van der Waals surface area contributed by atoms with Crippen LogP contribution in [0.15, 0.2) is 23.2 Å². The van der Waals surface area contributed by atoms with Crippen LogP contribution in [0.3, 0.4) is 0 Å². The van der Waals surface area contributed by atoms with Crippen molar-refractivity contribution in [2.45, 2.75) is 59.9 Å². The summed E-state index contributed by atoms with van der Waals surface area (Å²) in [4.78, 5) is 6.63. The van der Waals surface area contributed by atoms with E-state index in [1.54, 1.807) is 26.1 Å². The molecule has 0 heterocycles. The van der Waals surface area contributed by atoms with E-state index in [1.165, 1.54) is 6.07 Å². The van der Waals surface area contributed by atoms with Gasteiger partial charge >= 0.3 is 6.61 Å². The molecule has 0 aliphatic heterocycles. The molecule has 0 bridgehead atoms. The van der Waals surface area contributed by atoms with Crippen LogP contribution in [0.25, 0.3) is 0 Å². The van der Waals surface area contributed by atoms with Crippen molar-refractivity contribution in [2.75, 3.05) is 26.7 Å². The first-order valence-electron chi connectivity index (χ1n) is 9.69. The van der Waals surface area contributed by atoms with Gasteiger partial charge in [0.05, 0.1) is 6.61 Å². The van der Waals surface area contributed by atoms with Gasteiger partial charge in [-0.1, -0.05) is 6.07 Å². The number of alkyl halides is 2. The number of aliphatic imine (C=N–C) groups is 1. The third-order valence-corrected chi connectivity index (χ3v) is 4.20. The molecule has 0 saturated carbocycles. The maximum Gasteiger partial charge on any atom is 0.387 e. The van der Waals surface area contributed by atoms with Crippen molar-refractivity contribution < 1.29 is 18.3 Å². The van der Waals surface area contributed by atoms with E-state index in [4.69, 9.17) is 4.74 Å². The minimum atomic E-state index is -2.89. The average Bonchev–Trinajstić information content (AvgIpc) is 2.62. The first-order chi connectivity index (χ1) is 13.3. The molecule has 0 aliphatic rings. The average molecular weight is 528 g/mol. The molecule has 0 atom stereocenters. The zero-order valence-corrected chi connectivity index (χ0v) is 20.5. The highest BCUT2D eigenvalue weighted by atomic mass is 127. The zero-order valence-electron chi connectivity index (χ0n) is 18.2. The van der Waals surface area contributed by atoms with Crippen molar-refractivity contribution in [1.29, 1.82) is 0 Å². The van der Waals surface area contributed by atoms with Gasteiger partial charge in [-0.25, -0.2) is 0 Å². The second-order valence-electron chi connectivity index (χ2n) is 6.87. The summed E-state index contributed by atoms with van der Waals surface area (Å²) in [6.07, 6.45) is 0. The maximum atomic E-state index is 12.5. The van der Waals surface area contributed by atoms with E-state index in [1.807, 2.05) is 0 Å². The largest absolute Gasteiger partial charge is 0.490 e. The van der Waals surface area contributed by atoms with Gasteiger partial charge in [-0.15, -0.1) is 24.0 Å². The molecule has 0 unspecified atom stereocenters. The summed E-state index contributed by atoms with van der Waals surface area (Å²) in [6, 6.07) is 5.86. The molecule has 0 aromatic heterocycles. The van der Waals surface area contributed by atoms with E-state index >= 15 is 0 Å². The highest BCUT2D eigenvalue weighted by Gasteiger charge is 2.13. The predicted octanol–water partition coefficient (Wildman–Crippen LogP) is 4.09. The van der Waals surface area contributed by atoms with E-state index in [2.05, 4.69) is 53.0 Å². The SMILES string of the molecule is CCOc1cc(CNC(=NC)NCCN(C(C)C)C(C)C)ccc1OC(F)F.I. The fraction of sp³-hybridized carbons (Fsp3) is 0.650. The highest BCUT2D eigenvalue weighted by Crippen LogP contribution is 2.29. The van der Waals surface area contributed by atoms with Gasteiger partial charge in [-0.2, -0.15) is 8.78 Å². The van der Waals surface area contributed by atoms with E-state index in [9.17, 15) is 8.78 Å². The first-order valence-corrected chi connectivity index (χ1v) is 9.69. The van der Waals surface area contributed by atoms with Crippen LogP contribution in [0.1, 0.15) is 40.2 Å². The summed E-state index contributed by atoms with van der Waals surface area (Å²) < 4.78 is 34.9. The van der Waals surface area contributed by atoms with Crippen LogP contribution in [0.5, 0.6) is 11.5 Å². The lowest BCUT2D eigenvalue weighted by Gasteiger charge is -2.30. The normalized spacial score (nSPS) is 11.8. The molecule has 1 aromatic carbocycles. The molecule has 9 heteroatoms. The van der Waals surface area contributed by atoms with Crippen molar-refractivity contribution in [3.63, 3.8) is 0 Å². The third-order valence-electron chi connectivity index (χ3n) is 4.20. The van der Waals surface area contributed by atoms with Gasteiger partial charge in [0, 0.05) is 38.8 Å². The van der Waals surface area contributed by atoms with Gasteiger partial charge in [0.25, 0.3) is 0 Å². The molecular weight excluding hydrogens is 493 g/mol. The second-order valence-corrected chi connectivity index (χ2v) is 6.87. The Hall–Kier alpha value is -1.36. The molecular formula is C20H35F2IN4O2. The number of nitrogens with one attached hydrogen (secondary N) is 2. The highest BCUT2D eigenvalue weighted by molar-refractivity contribution is 14.0. The smallest absolute Gasteiger partial charge is 0.387 e. The van der Waals surface area contributed by atoms with Crippen molar-refractivity contribution in [1.82, 2.24) is 15.5 Å². The van der Waals surface area contributed by atoms with E-state index in [0.29, 0.717) is 36.9 Å². The standard InChI is InChI=1S/C20H34F2N4O2.HI/c1-7-27-18-12-16(8-9-17(18)28-19(21)22)13-25-20(23-6)24-10-11-26(14(2)3)15(4)5;/h8-9,12,14-15,19H,7,10-11,13H2,1-6H3,(H2,23,24,25);1H. The van der Waals surface area contributed by atoms with Crippen molar-refractivity contribution >= 4 is 29.9 Å². The summed E-state index contributed by atoms with van der Waals surface area (Å²) >= 11 is 0. The molecule has 0 radical (unpaired) electrons. The molecule has 0 fully saturated rings. The number of guanidine groups is 1. The zero-order chi connectivity index (χ0) is 21.1. The molecule has 6 nitrogen and oxygen atoms in total. The molecule has 0 spiro atoms. The lowest BCUT2D eigenvalue weighted by molar-refractivity contribution is -0.0514. The van der Waals surface area contributed by atoms with Gasteiger partial charge in [0.1, 0.15) is 0 Å². The monoisotopic (exact) mass is 528 g/mol. The van der Waals surface area contributed by atoms with Crippen molar-refractivity contribution in [2.24, 2.45) is 4.99 Å². The van der Waals surface area contributed by atoms with Crippen LogP contribution < -0.4 is 20.1 Å². The van der Waals surface area contributed by atoms with E-state index in [0.717, 1.165) is 18.7 Å². The first kappa shape index (κ1) is 27.6. The van der Waals surface area contributed by atoms with Crippen LogP contribution in [-0.2, 0) is 6.54 Å². The maximum absolute atomic E-state index is 12.5. The van der Waals surface area contributed by atoms with Crippen molar-refractivity contribution in [3.05, 3.63) is 23.8 Å². The Bertz CT molecular complexity index is 608. The topological polar surface area (TPSA) is 58.1 Å². The summed E-state index contributed by atoms with van der Waals surface area (Å²) in [5, 5.41) is 6.52. The van der Waals surface area contributed by atoms with Gasteiger partial charge in [-0.05, 0) is 52.3 Å². The molecule has 0 amide bonds. The predicted molar refractivity (Wildman–Crippen MR) is 125 cm³/mol. The lowest BCUT2D eigenvalue weighted by atomic mass is 10.2. The number of hydrogen-bond donors (Lipinski definition) is 2. The number of nitrogens with zero attached hydrogens (tertiary/aromatic N) is 2. The minimum Gasteiger partial charge on any atom is -0.490 e. The fourth-order valence-corrected chi connectivity index (χ4v) is 2.95. The Morgan fingerprint density at radius 3 is 2.28 bits per heavy atom. The Balaban J connectivity index is 0.00000784. The molecule has 2 N–H and O–H groups in total. The van der Waals surface area contributed by atoms with Gasteiger partial charge in [-0.3, -0.25) is 9.89 Å². The summed E-state index contributed by atoms with van der Waals surface area (Å²) in [5.41, 5.74) is 0.874. The van der Waals surface area contributed by atoms with E-state index in [-0.39, 0.29) is 29.7 Å². The Labute approximate surface area is 190 Å². The summed E-state index contributed by atoms with van der Waals surface area (Å²) in [6.45, 7) is 10.2. The minimum absolute atomic E-state index is 0.